The fourth-order valence-electron chi connectivity index (χ4n) is 2.98. The summed E-state index contributed by atoms with van der Waals surface area (Å²) in [7, 11) is -3.84. The van der Waals surface area contributed by atoms with Crippen molar-refractivity contribution in [2.75, 3.05) is 18.4 Å². The zero-order valence-corrected chi connectivity index (χ0v) is 18.7. The zero-order valence-electron chi connectivity index (χ0n) is 17.9. The molecule has 3 rings (SSSR count). The lowest BCUT2D eigenvalue weighted by Crippen LogP contribution is -2.40. The minimum Gasteiger partial charge on any atom is -0.346 e. The predicted octanol–water partition coefficient (Wildman–Crippen LogP) is 2.26. The maximum Gasteiger partial charge on any atom is 0.243 e. The van der Waals surface area contributed by atoms with Gasteiger partial charge in [0.05, 0.1) is 23.7 Å². The standard InChI is InChI=1S/C24H23N3O5S/c1-17-12-13-20(24(30)18-8-4-2-5-9-18)21(14-17)27-23(29)15-25-22(28)16-26-33(31,32)19-10-6-3-7-11-19/h2-14,26H,15-16H2,1H3,(H,25,28)(H,27,29). The van der Waals surface area contributed by atoms with Crippen LogP contribution in [0.15, 0.2) is 83.8 Å². The maximum absolute atomic E-state index is 12.8. The molecule has 0 aliphatic rings. The number of sulfonamides is 1. The van der Waals surface area contributed by atoms with E-state index in [-0.39, 0.29) is 10.7 Å². The number of anilines is 1. The summed E-state index contributed by atoms with van der Waals surface area (Å²) in [6, 6.07) is 21.4. The predicted molar refractivity (Wildman–Crippen MR) is 124 cm³/mol. The number of hydrogen-bond donors (Lipinski definition) is 3. The molecule has 0 fully saturated rings. The van der Waals surface area contributed by atoms with Crippen molar-refractivity contribution in [3.05, 3.63) is 95.6 Å². The molecule has 3 N–H and O–H groups in total. The molecule has 0 spiro atoms. The number of rotatable bonds is 9. The van der Waals surface area contributed by atoms with E-state index < -0.39 is 34.9 Å². The third-order valence-corrected chi connectivity index (χ3v) is 6.07. The molecule has 0 aliphatic carbocycles. The number of ketones is 1. The summed E-state index contributed by atoms with van der Waals surface area (Å²) < 4.78 is 26.5. The second-order valence-electron chi connectivity index (χ2n) is 7.21. The van der Waals surface area contributed by atoms with Gasteiger partial charge in [-0.05, 0) is 36.8 Å². The number of aryl methyl sites for hydroxylation is 1. The molecule has 0 saturated heterocycles. The molecule has 8 nitrogen and oxygen atoms in total. The molecule has 0 unspecified atom stereocenters. The summed E-state index contributed by atoms with van der Waals surface area (Å²) in [6.07, 6.45) is 0. The Kier molecular flexibility index (Phi) is 7.70. The number of hydrogen-bond acceptors (Lipinski definition) is 5. The highest BCUT2D eigenvalue weighted by Crippen LogP contribution is 2.21. The first kappa shape index (κ1) is 23.8. The molecule has 0 radical (unpaired) electrons. The Balaban J connectivity index is 1.58. The van der Waals surface area contributed by atoms with E-state index in [0.29, 0.717) is 16.8 Å². The molecule has 3 aromatic rings. The molecule has 0 atom stereocenters. The van der Waals surface area contributed by atoms with E-state index in [4.69, 9.17) is 0 Å². The first-order valence-corrected chi connectivity index (χ1v) is 11.6. The van der Waals surface area contributed by atoms with Crippen molar-refractivity contribution >= 4 is 33.3 Å². The van der Waals surface area contributed by atoms with Gasteiger partial charge in [0, 0.05) is 11.1 Å². The zero-order chi connectivity index (χ0) is 23.8. The minimum absolute atomic E-state index is 0.0330. The monoisotopic (exact) mass is 465 g/mol. The fraction of sp³-hybridized carbons (Fsp3) is 0.125. The highest BCUT2D eigenvalue weighted by Gasteiger charge is 2.17. The Morgan fingerprint density at radius 2 is 1.42 bits per heavy atom. The van der Waals surface area contributed by atoms with Crippen LogP contribution in [0.4, 0.5) is 5.69 Å². The van der Waals surface area contributed by atoms with Gasteiger partial charge in [0.1, 0.15) is 0 Å². The molecule has 0 saturated carbocycles. The molecule has 9 heteroatoms. The lowest BCUT2D eigenvalue weighted by atomic mass is 10.00. The normalized spacial score (nSPS) is 10.9. The van der Waals surface area contributed by atoms with Crippen LogP contribution < -0.4 is 15.4 Å². The summed E-state index contributed by atoms with van der Waals surface area (Å²) in [6.45, 7) is 0.915. The van der Waals surface area contributed by atoms with Gasteiger partial charge in [-0.25, -0.2) is 13.1 Å². The van der Waals surface area contributed by atoms with Crippen molar-refractivity contribution in [1.82, 2.24) is 10.0 Å². The van der Waals surface area contributed by atoms with Crippen molar-refractivity contribution in [3.63, 3.8) is 0 Å². The van der Waals surface area contributed by atoms with Crippen LogP contribution in [-0.2, 0) is 19.6 Å². The van der Waals surface area contributed by atoms with Gasteiger partial charge in [-0.3, -0.25) is 14.4 Å². The molecule has 0 aromatic heterocycles. The Hall–Kier alpha value is -3.82. The van der Waals surface area contributed by atoms with Crippen molar-refractivity contribution in [1.29, 1.82) is 0 Å². The van der Waals surface area contributed by atoms with Gasteiger partial charge < -0.3 is 10.6 Å². The van der Waals surface area contributed by atoms with Crippen molar-refractivity contribution in [2.24, 2.45) is 0 Å². The summed E-state index contributed by atoms with van der Waals surface area (Å²) in [5, 5.41) is 5.00. The maximum atomic E-state index is 12.8. The smallest absolute Gasteiger partial charge is 0.243 e. The van der Waals surface area contributed by atoms with Crippen molar-refractivity contribution in [2.45, 2.75) is 11.8 Å². The second-order valence-corrected chi connectivity index (χ2v) is 8.97. The number of carbonyl (C=O) groups is 3. The summed E-state index contributed by atoms with van der Waals surface area (Å²) in [5.74, 6) is -1.47. The Morgan fingerprint density at radius 3 is 2.09 bits per heavy atom. The van der Waals surface area contributed by atoms with E-state index in [0.717, 1.165) is 5.56 Å². The van der Waals surface area contributed by atoms with Crippen LogP contribution >= 0.6 is 0 Å². The van der Waals surface area contributed by atoms with Crippen LogP contribution in [0.1, 0.15) is 21.5 Å². The van der Waals surface area contributed by atoms with Gasteiger partial charge in [0.15, 0.2) is 5.78 Å². The van der Waals surface area contributed by atoms with Crippen LogP contribution in [0.5, 0.6) is 0 Å². The highest BCUT2D eigenvalue weighted by atomic mass is 32.2. The van der Waals surface area contributed by atoms with E-state index in [1.54, 1.807) is 66.7 Å². The van der Waals surface area contributed by atoms with E-state index in [9.17, 15) is 22.8 Å². The van der Waals surface area contributed by atoms with Gasteiger partial charge in [-0.15, -0.1) is 0 Å². The largest absolute Gasteiger partial charge is 0.346 e. The molecular formula is C24H23N3O5S. The summed E-state index contributed by atoms with van der Waals surface area (Å²) in [5.41, 5.74) is 1.97. The van der Waals surface area contributed by atoms with Crippen molar-refractivity contribution < 1.29 is 22.8 Å². The van der Waals surface area contributed by atoms with Crippen LogP contribution in [0.3, 0.4) is 0 Å². The van der Waals surface area contributed by atoms with E-state index in [1.807, 2.05) is 6.92 Å². The highest BCUT2D eigenvalue weighted by molar-refractivity contribution is 7.89. The Labute approximate surface area is 192 Å². The number of amides is 2. The summed E-state index contributed by atoms with van der Waals surface area (Å²) >= 11 is 0. The van der Waals surface area contributed by atoms with Crippen LogP contribution in [-0.4, -0.2) is 39.1 Å². The Morgan fingerprint density at radius 1 is 0.788 bits per heavy atom. The SMILES string of the molecule is Cc1ccc(C(=O)c2ccccc2)c(NC(=O)CNC(=O)CNS(=O)(=O)c2ccccc2)c1. The Bertz CT molecular complexity index is 1260. The number of nitrogens with one attached hydrogen (secondary N) is 3. The van der Waals surface area contributed by atoms with Crippen LogP contribution in [0.25, 0.3) is 0 Å². The third kappa shape index (κ3) is 6.58. The molecule has 3 aromatic carbocycles. The number of benzene rings is 3. The lowest BCUT2D eigenvalue weighted by molar-refractivity contribution is -0.123. The third-order valence-electron chi connectivity index (χ3n) is 4.65. The first-order valence-electron chi connectivity index (χ1n) is 10.1. The van der Waals surface area contributed by atoms with Crippen molar-refractivity contribution in [3.8, 4) is 0 Å². The van der Waals surface area contributed by atoms with Crippen LogP contribution in [0, 0.1) is 6.92 Å². The molecule has 0 heterocycles. The second kappa shape index (κ2) is 10.7. The van der Waals surface area contributed by atoms with E-state index in [1.165, 1.54) is 12.1 Å². The fourth-order valence-corrected chi connectivity index (χ4v) is 3.99. The van der Waals surface area contributed by atoms with Gasteiger partial charge in [0.2, 0.25) is 21.8 Å². The van der Waals surface area contributed by atoms with Crippen LogP contribution in [0.2, 0.25) is 0 Å². The molecule has 2 amide bonds. The van der Waals surface area contributed by atoms with Gasteiger partial charge in [0.25, 0.3) is 0 Å². The average Bonchev–Trinajstić information content (AvgIpc) is 2.82. The lowest BCUT2D eigenvalue weighted by Gasteiger charge is -2.12. The topological polar surface area (TPSA) is 121 Å². The average molecular weight is 466 g/mol. The first-order chi connectivity index (χ1) is 15.8. The van der Waals surface area contributed by atoms with Gasteiger partial charge >= 0.3 is 0 Å². The molecule has 170 valence electrons. The molecule has 33 heavy (non-hydrogen) atoms. The summed E-state index contributed by atoms with van der Waals surface area (Å²) in [4.78, 5) is 37.3. The van der Waals surface area contributed by atoms with E-state index in [2.05, 4.69) is 15.4 Å². The number of carbonyl (C=O) groups excluding carboxylic acids is 3. The molecule has 0 aliphatic heterocycles. The quantitative estimate of drug-likeness (QED) is 0.419. The minimum atomic E-state index is -3.84. The van der Waals surface area contributed by atoms with E-state index >= 15 is 0 Å². The van der Waals surface area contributed by atoms with Gasteiger partial charge in [-0.1, -0.05) is 54.6 Å². The van der Waals surface area contributed by atoms with Gasteiger partial charge in [-0.2, -0.15) is 0 Å². The molecular weight excluding hydrogens is 442 g/mol. The molecule has 0 bridgehead atoms.